The van der Waals surface area contributed by atoms with Crippen LogP contribution in [-0.4, -0.2) is 42.5 Å². The van der Waals surface area contributed by atoms with Crippen LogP contribution in [-0.2, 0) is 20.1 Å². The third-order valence-corrected chi connectivity index (χ3v) is 5.04. The Morgan fingerprint density at radius 2 is 2.22 bits per heavy atom. The summed E-state index contributed by atoms with van der Waals surface area (Å²) < 4.78 is 3.21. The second-order valence-electron chi connectivity index (χ2n) is 6.19. The highest BCUT2D eigenvalue weighted by atomic mass is 35.5. The number of halogens is 1. The fourth-order valence-corrected chi connectivity index (χ4v) is 3.46. The molecule has 0 aliphatic carbocycles. The molecular formula is C15H23ClN6O. The monoisotopic (exact) mass is 338 g/mol. The first-order valence-corrected chi connectivity index (χ1v) is 8.44. The normalized spacial score (nSPS) is 19.4. The van der Waals surface area contributed by atoms with Crippen LogP contribution in [0.4, 0.5) is 0 Å². The molecule has 126 valence electrons. The lowest BCUT2D eigenvalue weighted by molar-refractivity contribution is 0.192. The lowest BCUT2D eigenvalue weighted by Crippen LogP contribution is -2.35. The number of rotatable bonds is 4. The molecule has 3 heterocycles. The van der Waals surface area contributed by atoms with Crippen molar-refractivity contribution in [2.75, 3.05) is 13.1 Å². The van der Waals surface area contributed by atoms with Gasteiger partial charge in [0.25, 0.3) is 0 Å². The number of hydrogen-bond acceptors (Lipinski definition) is 4. The Morgan fingerprint density at radius 3 is 2.87 bits per heavy atom. The van der Waals surface area contributed by atoms with E-state index in [1.54, 1.807) is 11.6 Å². The number of nitrogens with zero attached hydrogens (tertiary/aromatic N) is 5. The highest BCUT2D eigenvalue weighted by molar-refractivity contribution is 6.31. The van der Waals surface area contributed by atoms with Crippen LogP contribution in [0, 0.1) is 6.92 Å². The zero-order chi connectivity index (χ0) is 16.6. The molecule has 0 spiro atoms. The summed E-state index contributed by atoms with van der Waals surface area (Å²) in [5.41, 5.74) is 1.75. The minimum absolute atomic E-state index is 0.0365. The molecule has 1 atom stereocenters. The fourth-order valence-electron chi connectivity index (χ4n) is 3.31. The summed E-state index contributed by atoms with van der Waals surface area (Å²) >= 11 is 6.27. The number of piperidine rings is 1. The number of aromatic nitrogens is 5. The summed E-state index contributed by atoms with van der Waals surface area (Å²) in [6.45, 7) is 7.18. The van der Waals surface area contributed by atoms with Crippen molar-refractivity contribution in [1.82, 2.24) is 29.4 Å². The van der Waals surface area contributed by atoms with Crippen molar-refractivity contribution in [3.05, 3.63) is 32.7 Å². The van der Waals surface area contributed by atoms with Gasteiger partial charge in [0.2, 0.25) is 0 Å². The van der Waals surface area contributed by atoms with Crippen LogP contribution in [0.5, 0.6) is 0 Å². The Hall–Kier alpha value is -1.60. The van der Waals surface area contributed by atoms with Gasteiger partial charge in [0.05, 0.1) is 16.4 Å². The van der Waals surface area contributed by atoms with E-state index in [1.165, 1.54) is 4.68 Å². The highest BCUT2D eigenvalue weighted by Gasteiger charge is 2.27. The molecule has 0 aromatic carbocycles. The van der Waals surface area contributed by atoms with Crippen molar-refractivity contribution < 1.29 is 0 Å². The van der Waals surface area contributed by atoms with E-state index < -0.39 is 0 Å². The number of aromatic amines is 1. The molecule has 3 rings (SSSR count). The van der Waals surface area contributed by atoms with Gasteiger partial charge < -0.3 is 0 Å². The van der Waals surface area contributed by atoms with Crippen LogP contribution in [0.2, 0.25) is 5.02 Å². The van der Waals surface area contributed by atoms with Crippen molar-refractivity contribution in [3.8, 4) is 0 Å². The van der Waals surface area contributed by atoms with Gasteiger partial charge in [-0.2, -0.15) is 10.2 Å². The summed E-state index contributed by atoms with van der Waals surface area (Å²) in [7, 11) is 1.71. The van der Waals surface area contributed by atoms with Crippen molar-refractivity contribution >= 4 is 11.6 Å². The maximum Gasteiger partial charge on any atom is 0.345 e. The maximum absolute atomic E-state index is 12.1. The molecule has 1 aliphatic heterocycles. The Bertz CT molecular complexity index is 746. The number of likely N-dealkylation sites (tertiary alicyclic amines) is 1. The molecule has 0 unspecified atom stereocenters. The van der Waals surface area contributed by atoms with Crippen LogP contribution in [0.3, 0.4) is 0 Å². The molecule has 7 nitrogen and oxygen atoms in total. The predicted molar refractivity (Wildman–Crippen MR) is 88.7 cm³/mol. The van der Waals surface area contributed by atoms with E-state index in [1.807, 2.05) is 13.8 Å². The Kier molecular flexibility index (Phi) is 4.59. The molecular weight excluding hydrogens is 316 g/mol. The lowest BCUT2D eigenvalue weighted by atomic mass is 9.97. The van der Waals surface area contributed by atoms with E-state index >= 15 is 0 Å². The van der Waals surface area contributed by atoms with Crippen molar-refractivity contribution in [3.63, 3.8) is 0 Å². The van der Waals surface area contributed by atoms with Crippen LogP contribution in [0.1, 0.15) is 42.9 Å². The predicted octanol–water partition coefficient (Wildman–Crippen LogP) is 1.67. The topological polar surface area (TPSA) is 71.7 Å². The van der Waals surface area contributed by atoms with E-state index in [0.29, 0.717) is 6.54 Å². The van der Waals surface area contributed by atoms with Gasteiger partial charge >= 0.3 is 5.69 Å². The Labute approximate surface area is 140 Å². The summed E-state index contributed by atoms with van der Waals surface area (Å²) in [6.07, 6.45) is 2.14. The number of hydrogen-bond donors (Lipinski definition) is 1. The second kappa shape index (κ2) is 6.49. The van der Waals surface area contributed by atoms with E-state index in [4.69, 9.17) is 11.6 Å². The molecule has 1 fully saturated rings. The van der Waals surface area contributed by atoms with Crippen LogP contribution >= 0.6 is 11.6 Å². The largest absolute Gasteiger partial charge is 0.345 e. The van der Waals surface area contributed by atoms with Crippen LogP contribution in [0.25, 0.3) is 0 Å². The molecule has 1 aliphatic rings. The molecule has 2 aromatic rings. The minimum atomic E-state index is -0.0365. The van der Waals surface area contributed by atoms with Crippen molar-refractivity contribution in [2.24, 2.45) is 7.05 Å². The van der Waals surface area contributed by atoms with Crippen molar-refractivity contribution in [2.45, 2.75) is 45.7 Å². The average Bonchev–Trinajstić information content (AvgIpc) is 3.01. The molecule has 0 amide bonds. The average molecular weight is 339 g/mol. The summed E-state index contributed by atoms with van der Waals surface area (Å²) in [4.78, 5) is 14.4. The Morgan fingerprint density at radius 1 is 1.43 bits per heavy atom. The van der Waals surface area contributed by atoms with E-state index in [0.717, 1.165) is 54.7 Å². The van der Waals surface area contributed by atoms with E-state index in [2.05, 4.69) is 20.2 Å². The first-order valence-electron chi connectivity index (χ1n) is 8.06. The van der Waals surface area contributed by atoms with Gasteiger partial charge in [0, 0.05) is 32.6 Å². The fraction of sp³-hybridized carbons (Fsp3) is 0.667. The zero-order valence-electron chi connectivity index (χ0n) is 13.8. The van der Waals surface area contributed by atoms with Crippen LogP contribution in [0.15, 0.2) is 4.79 Å². The SMILES string of the molecule is CCn1c([C@@H]2CCCN(Cc3n[nH]c(C)c3Cl)C2)nn(C)c1=O. The third kappa shape index (κ3) is 3.07. The molecule has 0 radical (unpaired) electrons. The first kappa shape index (κ1) is 16.3. The third-order valence-electron chi connectivity index (χ3n) is 4.54. The van der Waals surface area contributed by atoms with Gasteiger partial charge in [-0.1, -0.05) is 11.6 Å². The molecule has 1 saturated heterocycles. The summed E-state index contributed by atoms with van der Waals surface area (Å²) in [5.74, 6) is 1.17. The standard InChI is InChI=1S/C15H23ClN6O/c1-4-22-14(19-20(3)15(22)23)11-6-5-7-21(8-11)9-12-13(16)10(2)17-18-12/h11H,4-9H2,1-3H3,(H,17,18)/t11-/m1/s1. The zero-order valence-corrected chi connectivity index (χ0v) is 14.6. The minimum Gasteiger partial charge on any atom is -0.297 e. The van der Waals surface area contributed by atoms with Crippen LogP contribution < -0.4 is 5.69 Å². The van der Waals surface area contributed by atoms with Gasteiger partial charge in [-0.15, -0.1) is 0 Å². The van der Waals surface area contributed by atoms with Gasteiger partial charge in [0.15, 0.2) is 0 Å². The lowest BCUT2D eigenvalue weighted by Gasteiger charge is -2.31. The number of aryl methyl sites for hydroxylation is 2. The van der Waals surface area contributed by atoms with E-state index in [9.17, 15) is 4.79 Å². The van der Waals surface area contributed by atoms with Gasteiger partial charge in [-0.05, 0) is 33.2 Å². The Balaban J connectivity index is 1.77. The van der Waals surface area contributed by atoms with E-state index in [-0.39, 0.29) is 11.6 Å². The van der Waals surface area contributed by atoms with Gasteiger partial charge in [0.1, 0.15) is 5.82 Å². The molecule has 1 N–H and O–H groups in total. The molecule has 8 heteroatoms. The highest BCUT2D eigenvalue weighted by Crippen LogP contribution is 2.27. The maximum atomic E-state index is 12.1. The summed E-state index contributed by atoms with van der Waals surface area (Å²) in [5, 5.41) is 12.4. The van der Waals surface area contributed by atoms with Gasteiger partial charge in [-0.3, -0.25) is 14.6 Å². The van der Waals surface area contributed by atoms with Gasteiger partial charge in [-0.25, -0.2) is 9.48 Å². The number of nitrogens with one attached hydrogen (secondary N) is 1. The first-order chi connectivity index (χ1) is 11.0. The van der Waals surface area contributed by atoms with Crippen molar-refractivity contribution in [1.29, 1.82) is 0 Å². The molecule has 2 aromatic heterocycles. The number of H-pyrrole nitrogens is 1. The smallest absolute Gasteiger partial charge is 0.297 e. The quantitative estimate of drug-likeness (QED) is 0.920. The molecule has 23 heavy (non-hydrogen) atoms. The summed E-state index contributed by atoms with van der Waals surface area (Å²) in [6, 6.07) is 0. The molecule has 0 saturated carbocycles. The second-order valence-corrected chi connectivity index (χ2v) is 6.57. The molecule has 0 bridgehead atoms.